The van der Waals surface area contributed by atoms with E-state index >= 15 is 0 Å². The zero-order chi connectivity index (χ0) is 7.56. The molecule has 0 amide bonds. The average Bonchev–Trinajstić information content (AvgIpc) is 1.88. The number of carbonyl (C=O) groups is 1. The molecule has 1 aromatic rings. The topological polar surface area (TPSA) is 30.0 Å². The van der Waals surface area contributed by atoms with Crippen molar-refractivity contribution in [1.29, 1.82) is 0 Å². The largest absolute Gasteiger partial charge is 0.296 e. The lowest BCUT2D eigenvalue weighted by molar-refractivity contribution is 0.111. The van der Waals surface area contributed by atoms with Gasteiger partial charge in [-0.3, -0.25) is 9.78 Å². The molecule has 52 valence electrons. The molecule has 4 heteroatoms. The van der Waals surface area contributed by atoms with Crippen molar-refractivity contribution in [2.45, 2.75) is 0 Å². The first kappa shape index (κ1) is 8.38. The highest BCUT2D eigenvalue weighted by atomic mass is 127. The normalized spacial score (nSPS) is 9.40. The molecule has 0 N–H and O–H groups in total. The third kappa shape index (κ3) is 1.88. The number of hydrogen-bond acceptors (Lipinski definition) is 2. The van der Waals surface area contributed by atoms with Crippen molar-refractivity contribution in [1.82, 2.24) is 4.98 Å². The van der Waals surface area contributed by atoms with Crippen LogP contribution in [0.1, 0.15) is 10.5 Å². The van der Waals surface area contributed by atoms with E-state index in [1.165, 1.54) is 0 Å². The third-order valence-corrected chi connectivity index (χ3v) is 2.40. The second-order valence-electron chi connectivity index (χ2n) is 1.64. The third-order valence-electron chi connectivity index (χ3n) is 0.948. The van der Waals surface area contributed by atoms with E-state index in [0.717, 1.165) is 13.4 Å². The summed E-state index contributed by atoms with van der Waals surface area (Å²) in [6.45, 7) is 0. The van der Waals surface area contributed by atoms with Gasteiger partial charge in [-0.25, -0.2) is 0 Å². The molecule has 2 nitrogen and oxygen atoms in total. The highest BCUT2D eigenvalue weighted by molar-refractivity contribution is 14.1. The molecule has 0 atom stereocenters. The Hall–Kier alpha value is 0.280. The predicted octanol–water partition coefficient (Wildman–Crippen LogP) is 2.10. The first-order valence-corrected chi connectivity index (χ1v) is 4.66. The molecule has 1 rings (SSSR count). The first-order valence-electron chi connectivity index (χ1n) is 2.50. The second-order valence-corrected chi connectivity index (χ2v) is 4.05. The summed E-state index contributed by atoms with van der Waals surface area (Å²) >= 11 is 4.24. The fourth-order valence-electron chi connectivity index (χ4n) is 0.512. The summed E-state index contributed by atoms with van der Waals surface area (Å²) in [4.78, 5) is 14.2. The summed E-state index contributed by atoms with van der Waals surface area (Å²) in [6, 6.07) is 1.91. The fraction of sp³-hybridized carbons (Fsp3) is 0. The van der Waals surface area contributed by atoms with Crippen molar-refractivity contribution in [2.24, 2.45) is 0 Å². The van der Waals surface area contributed by atoms with Gasteiger partial charge in [0.25, 0.3) is 0 Å². The van der Waals surface area contributed by atoms with Gasteiger partial charge in [-0.1, -0.05) is 0 Å². The summed E-state index contributed by atoms with van der Waals surface area (Å²) in [5.41, 5.74) is 0.515. The highest BCUT2D eigenvalue weighted by Gasteiger charge is 1.98. The highest BCUT2D eigenvalue weighted by Crippen LogP contribution is 2.11. The fourth-order valence-corrected chi connectivity index (χ4v) is 2.16. The van der Waals surface area contributed by atoms with Crippen molar-refractivity contribution < 1.29 is 4.79 Å². The maximum atomic E-state index is 10.3. The zero-order valence-corrected chi connectivity index (χ0v) is 9.16. The number of aldehydes is 1. The van der Waals surface area contributed by atoms with Crippen molar-refractivity contribution in [3.63, 3.8) is 0 Å². The van der Waals surface area contributed by atoms with Crippen LogP contribution in [0.5, 0.6) is 0 Å². The van der Waals surface area contributed by atoms with Crippen LogP contribution in [0.25, 0.3) is 0 Å². The molecule has 0 spiro atoms. The van der Waals surface area contributed by atoms with Crippen LogP contribution in [-0.4, -0.2) is 11.3 Å². The summed E-state index contributed by atoms with van der Waals surface area (Å²) in [5.74, 6) is 0. The monoisotopic (exact) mass is 359 g/mol. The average molecular weight is 359 g/mol. The maximum absolute atomic E-state index is 10.3. The van der Waals surface area contributed by atoms with Crippen molar-refractivity contribution >= 4 is 51.5 Å². The molecular formula is C6H3I2NO. The van der Waals surface area contributed by atoms with E-state index in [9.17, 15) is 4.79 Å². The number of carbonyl (C=O) groups excluding carboxylic acids is 1. The van der Waals surface area contributed by atoms with E-state index in [2.05, 4.69) is 50.2 Å². The van der Waals surface area contributed by atoms with Crippen molar-refractivity contribution in [2.75, 3.05) is 0 Å². The van der Waals surface area contributed by atoms with Crippen LogP contribution in [-0.2, 0) is 0 Å². The number of pyridine rings is 1. The first-order chi connectivity index (χ1) is 4.74. The van der Waals surface area contributed by atoms with E-state index in [1.54, 1.807) is 6.20 Å². The van der Waals surface area contributed by atoms with Crippen molar-refractivity contribution in [3.8, 4) is 0 Å². The number of nitrogens with zero attached hydrogens (tertiary/aromatic N) is 1. The molecule has 0 saturated heterocycles. The van der Waals surface area contributed by atoms with E-state index < -0.39 is 0 Å². The molecular weight excluding hydrogens is 356 g/mol. The van der Waals surface area contributed by atoms with Crippen LogP contribution < -0.4 is 0 Å². The maximum Gasteiger partial charge on any atom is 0.169 e. The Kier molecular flexibility index (Phi) is 3.02. The van der Waals surface area contributed by atoms with Gasteiger partial charge in [0.1, 0.15) is 5.69 Å². The second kappa shape index (κ2) is 3.61. The molecule has 0 unspecified atom stereocenters. The van der Waals surface area contributed by atoms with Gasteiger partial charge in [0, 0.05) is 13.3 Å². The van der Waals surface area contributed by atoms with E-state index in [1.807, 2.05) is 6.07 Å². The minimum Gasteiger partial charge on any atom is -0.296 e. The molecule has 0 aliphatic heterocycles. The minimum atomic E-state index is 0.515. The molecule has 0 bridgehead atoms. The number of hydrogen-bond donors (Lipinski definition) is 0. The summed E-state index contributed by atoms with van der Waals surface area (Å²) in [5, 5.41) is 0. The van der Waals surface area contributed by atoms with Gasteiger partial charge in [-0.2, -0.15) is 0 Å². The summed E-state index contributed by atoms with van der Waals surface area (Å²) < 4.78 is 1.95. The lowest BCUT2D eigenvalue weighted by Gasteiger charge is -1.93. The summed E-state index contributed by atoms with van der Waals surface area (Å²) in [6.07, 6.45) is 2.43. The van der Waals surface area contributed by atoms with Crippen LogP contribution in [0.2, 0.25) is 0 Å². The lowest BCUT2D eigenvalue weighted by atomic mass is 10.4. The van der Waals surface area contributed by atoms with Crippen LogP contribution >= 0.6 is 45.2 Å². The Balaban J connectivity index is 3.19. The van der Waals surface area contributed by atoms with Crippen LogP contribution in [0, 0.1) is 7.14 Å². The Morgan fingerprint density at radius 2 is 2.20 bits per heavy atom. The SMILES string of the molecule is O=Cc1ncc(I)cc1I. The number of halogens is 2. The van der Waals surface area contributed by atoms with Crippen LogP contribution in [0.3, 0.4) is 0 Å². The van der Waals surface area contributed by atoms with Gasteiger partial charge in [0.15, 0.2) is 6.29 Å². The number of aromatic nitrogens is 1. The predicted molar refractivity (Wildman–Crippen MR) is 55.1 cm³/mol. The molecule has 0 aliphatic carbocycles. The molecule has 0 fully saturated rings. The smallest absolute Gasteiger partial charge is 0.169 e. The van der Waals surface area contributed by atoms with Gasteiger partial charge >= 0.3 is 0 Å². The van der Waals surface area contributed by atoms with Crippen LogP contribution in [0.4, 0.5) is 0 Å². The van der Waals surface area contributed by atoms with Gasteiger partial charge in [-0.15, -0.1) is 0 Å². The van der Waals surface area contributed by atoms with E-state index in [-0.39, 0.29) is 0 Å². The van der Waals surface area contributed by atoms with Crippen LogP contribution in [0.15, 0.2) is 12.3 Å². The van der Waals surface area contributed by atoms with Gasteiger partial charge in [-0.05, 0) is 51.2 Å². The van der Waals surface area contributed by atoms with Crippen molar-refractivity contribution in [3.05, 3.63) is 25.1 Å². The van der Waals surface area contributed by atoms with Gasteiger partial charge in [0.2, 0.25) is 0 Å². The standard InChI is InChI=1S/C6H3I2NO/c7-4-1-5(8)6(3-10)9-2-4/h1-3H. The molecule has 10 heavy (non-hydrogen) atoms. The molecule has 0 saturated carbocycles. The Morgan fingerprint density at radius 3 is 2.70 bits per heavy atom. The molecule has 1 aromatic heterocycles. The molecule has 0 radical (unpaired) electrons. The molecule has 0 aliphatic rings. The number of rotatable bonds is 1. The Morgan fingerprint density at radius 1 is 1.50 bits per heavy atom. The Labute approximate surface area is 85.7 Å². The summed E-state index contributed by atoms with van der Waals surface area (Å²) in [7, 11) is 0. The van der Waals surface area contributed by atoms with E-state index in [0.29, 0.717) is 5.69 Å². The quantitative estimate of drug-likeness (QED) is 0.568. The molecule has 1 heterocycles. The van der Waals surface area contributed by atoms with Gasteiger partial charge < -0.3 is 0 Å². The lowest BCUT2D eigenvalue weighted by Crippen LogP contribution is -1.91. The van der Waals surface area contributed by atoms with E-state index in [4.69, 9.17) is 0 Å². The zero-order valence-electron chi connectivity index (χ0n) is 4.84. The Bertz CT molecular complexity index is 262. The van der Waals surface area contributed by atoms with Gasteiger partial charge in [0.05, 0.1) is 0 Å². The molecule has 0 aromatic carbocycles. The minimum absolute atomic E-state index is 0.515.